The highest BCUT2D eigenvalue weighted by Crippen LogP contribution is 2.38. The van der Waals surface area contributed by atoms with Gasteiger partial charge in [0.05, 0.1) is 19.3 Å². The van der Waals surface area contributed by atoms with Gasteiger partial charge in [-0.1, -0.05) is 6.07 Å². The predicted octanol–water partition coefficient (Wildman–Crippen LogP) is 1.77. The highest BCUT2D eigenvalue weighted by molar-refractivity contribution is 7.98. The lowest BCUT2D eigenvalue weighted by Gasteiger charge is -2.38. The molecule has 0 aromatic carbocycles. The first-order chi connectivity index (χ1) is 10.1. The summed E-state index contributed by atoms with van der Waals surface area (Å²) in [6.07, 6.45) is 5.44. The highest BCUT2D eigenvalue weighted by Gasteiger charge is 2.35. The highest BCUT2D eigenvalue weighted by atomic mass is 32.2. The van der Waals surface area contributed by atoms with Crippen molar-refractivity contribution in [2.24, 2.45) is 5.92 Å². The molecule has 1 heterocycles. The van der Waals surface area contributed by atoms with Gasteiger partial charge in [-0.15, -0.1) is 0 Å². The molecule has 1 aromatic rings. The first kappa shape index (κ1) is 16.1. The molecular weight excluding hydrogens is 288 g/mol. The summed E-state index contributed by atoms with van der Waals surface area (Å²) in [7, 11) is 1.58. The molecule has 1 saturated carbocycles. The van der Waals surface area contributed by atoms with E-state index >= 15 is 0 Å². The Bertz CT molecular complexity index is 460. The van der Waals surface area contributed by atoms with E-state index in [-0.39, 0.29) is 24.0 Å². The summed E-state index contributed by atoms with van der Waals surface area (Å²) in [5, 5.41) is 12.6. The summed E-state index contributed by atoms with van der Waals surface area (Å²) in [5.41, 5.74) is 0.963. The molecule has 1 amide bonds. The molecule has 0 aliphatic heterocycles. The van der Waals surface area contributed by atoms with Crippen molar-refractivity contribution in [2.45, 2.75) is 31.4 Å². The Hall–Kier alpha value is -1.27. The molecule has 0 radical (unpaired) electrons. The molecule has 0 unspecified atom stereocenters. The van der Waals surface area contributed by atoms with E-state index in [2.05, 4.69) is 10.3 Å². The maximum absolute atomic E-state index is 12.0. The number of nitrogens with one attached hydrogen (secondary N) is 1. The average Bonchev–Trinajstić information content (AvgIpc) is 2.48. The average molecular weight is 310 g/mol. The van der Waals surface area contributed by atoms with Crippen molar-refractivity contribution < 1.29 is 14.6 Å². The number of aromatic nitrogens is 1. The van der Waals surface area contributed by atoms with Gasteiger partial charge in [0.25, 0.3) is 0 Å². The zero-order valence-electron chi connectivity index (χ0n) is 12.4. The molecule has 1 aliphatic rings. The lowest BCUT2D eigenvalue weighted by atomic mass is 9.75. The quantitative estimate of drug-likeness (QED) is 0.803. The van der Waals surface area contributed by atoms with Crippen molar-refractivity contribution in [2.75, 3.05) is 19.1 Å². The van der Waals surface area contributed by atoms with Crippen LogP contribution in [0, 0.1) is 5.92 Å². The van der Waals surface area contributed by atoms with E-state index < -0.39 is 0 Å². The predicted molar refractivity (Wildman–Crippen MR) is 83.4 cm³/mol. The number of rotatable bonds is 7. The number of ether oxygens (including phenoxy) is 1. The van der Waals surface area contributed by atoms with Gasteiger partial charge in [0.2, 0.25) is 11.8 Å². The van der Waals surface area contributed by atoms with E-state index in [1.165, 1.54) is 0 Å². The van der Waals surface area contributed by atoms with E-state index in [4.69, 9.17) is 4.74 Å². The topological polar surface area (TPSA) is 71.5 Å². The van der Waals surface area contributed by atoms with Crippen LogP contribution >= 0.6 is 11.8 Å². The molecule has 116 valence electrons. The molecule has 0 bridgehead atoms. The molecule has 1 fully saturated rings. The third-order valence-corrected chi connectivity index (χ3v) is 4.41. The minimum Gasteiger partial charge on any atom is -0.481 e. The number of nitrogens with zero attached hydrogens (tertiary/aromatic N) is 1. The van der Waals surface area contributed by atoms with Gasteiger partial charge in [-0.3, -0.25) is 4.79 Å². The fourth-order valence-electron chi connectivity index (χ4n) is 2.51. The Morgan fingerprint density at radius 2 is 2.33 bits per heavy atom. The van der Waals surface area contributed by atoms with Crippen LogP contribution in [0.25, 0.3) is 0 Å². The molecule has 6 heteroatoms. The molecule has 1 atom stereocenters. The van der Waals surface area contributed by atoms with E-state index in [1.807, 2.05) is 12.3 Å². The van der Waals surface area contributed by atoms with Gasteiger partial charge in [0.15, 0.2) is 0 Å². The molecule has 0 spiro atoms. The largest absolute Gasteiger partial charge is 0.481 e. The molecule has 1 aromatic heterocycles. The van der Waals surface area contributed by atoms with Crippen molar-refractivity contribution in [1.29, 1.82) is 0 Å². The van der Waals surface area contributed by atoms with Gasteiger partial charge in [-0.05, 0) is 30.6 Å². The van der Waals surface area contributed by atoms with Crippen LogP contribution in [-0.2, 0) is 4.79 Å². The van der Waals surface area contributed by atoms with Gasteiger partial charge < -0.3 is 15.2 Å². The molecule has 0 saturated heterocycles. The second kappa shape index (κ2) is 7.66. The summed E-state index contributed by atoms with van der Waals surface area (Å²) >= 11 is 1.66. The summed E-state index contributed by atoms with van der Waals surface area (Å²) < 4.78 is 5.06. The Labute approximate surface area is 129 Å². The number of pyridine rings is 1. The number of amides is 1. The summed E-state index contributed by atoms with van der Waals surface area (Å²) in [6.45, 7) is 0. The van der Waals surface area contributed by atoms with Crippen LogP contribution in [0.15, 0.2) is 18.3 Å². The lowest BCUT2D eigenvalue weighted by molar-refractivity contribution is -0.122. The summed E-state index contributed by atoms with van der Waals surface area (Å²) in [5.74, 6) is 1.69. The number of aliphatic hydroxyl groups excluding tert-OH is 1. The minimum atomic E-state index is -0.244. The van der Waals surface area contributed by atoms with Crippen LogP contribution in [0.2, 0.25) is 0 Å². The maximum Gasteiger partial charge on any atom is 0.221 e. The van der Waals surface area contributed by atoms with Gasteiger partial charge >= 0.3 is 0 Å². The van der Waals surface area contributed by atoms with E-state index in [1.54, 1.807) is 31.1 Å². The summed E-state index contributed by atoms with van der Waals surface area (Å²) in [6, 6.07) is 3.64. The van der Waals surface area contributed by atoms with E-state index in [0.29, 0.717) is 12.3 Å². The molecule has 21 heavy (non-hydrogen) atoms. The molecule has 2 N–H and O–H groups in total. The molecule has 1 aliphatic carbocycles. The monoisotopic (exact) mass is 310 g/mol. The fraction of sp³-hybridized carbons (Fsp3) is 0.600. The third-order valence-electron chi connectivity index (χ3n) is 3.80. The van der Waals surface area contributed by atoms with Crippen LogP contribution in [0.4, 0.5) is 0 Å². The number of hydrogen-bond acceptors (Lipinski definition) is 5. The fourth-order valence-corrected chi connectivity index (χ4v) is 2.90. The van der Waals surface area contributed by atoms with Crippen LogP contribution in [0.3, 0.4) is 0 Å². The Morgan fingerprint density at radius 3 is 2.86 bits per heavy atom. The zero-order chi connectivity index (χ0) is 15.2. The summed E-state index contributed by atoms with van der Waals surface area (Å²) in [4.78, 5) is 16.2. The van der Waals surface area contributed by atoms with Gasteiger partial charge in [0.1, 0.15) is 0 Å². The maximum atomic E-state index is 12.0. The van der Waals surface area contributed by atoms with Crippen LogP contribution in [0.1, 0.15) is 30.9 Å². The van der Waals surface area contributed by atoms with Gasteiger partial charge in [-0.25, -0.2) is 4.98 Å². The van der Waals surface area contributed by atoms with Crippen molar-refractivity contribution in [3.05, 3.63) is 23.9 Å². The molecular formula is C15H22N2O3S. The van der Waals surface area contributed by atoms with Crippen LogP contribution < -0.4 is 10.1 Å². The normalized spacial score (nSPS) is 22.2. The van der Waals surface area contributed by atoms with Crippen molar-refractivity contribution >= 4 is 17.7 Å². The number of carbonyl (C=O) groups is 1. The zero-order valence-corrected chi connectivity index (χ0v) is 13.2. The number of hydrogen-bond donors (Lipinski definition) is 2. The van der Waals surface area contributed by atoms with Gasteiger partial charge in [0, 0.05) is 24.4 Å². The standard InChI is InChI=1S/C15H22N2O3S/c1-20-14-4-3-10(9-16-14)15(11-7-12(18)8-11)17-13(19)5-6-21-2/h3-4,9,11-12,15,18H,5-8H2,1-2H3,(H,17,19)/t11?,12?,15-/m1/s1. The molecule has 2 rings (SSSR count). The van der Waals surface area contributed by atoms with Crippen LogP contribution in [-0.4, -0.2) is 41.2 Å². The SMILES string of the molecule is COc1ccc([C@@H](NC(=O)CCSC)C2CC(O)C2)cn1. The van der Waals surface area contributed by atoms with Crippen molar-refractivity contribution in [1.82, 2.24) is 10.3 Å². The van der Waals surface area contributed by atoms with E-state index in [9.17, 15) is 9.90 Å². The lowest BCUT2D eigenvalue weighted by Crippen LogP contribution is -2.41. The first-order valence-electron chi connectivity index (χ1n) is 7.10. The number of carbonyl (C=O) groups excluding carboxylic acids is 1. The Kier molecular flexibility index (Phi) is 5.87. The number of thioether (sulfide) groups is 1. The Balaban J connectivity index is 2.05. The second-order valence-electron chi connectivity index (χ2n) is 5.31. The third kappa shape index (κ3) is 4.35. The van der Waals surface area contributed by atoms with Gasteiger partial charge in [-0.2, -0.15) is 11.8 Å². The number of aliphatic hydroxyl groups is 1. The van der Waals surface area contributed by atoms with Crippen molar-refractivity contribution in [3.63, 3.8) is 0 Å². The first-order valence-corrected chi connectivity index (χ1v) is 8.49. The Morgan fingerprint density at radius 1 is 1.57 bits per heavy atom. The smallest absolute Gasteiger partial charge is 0.221 e. The van der Waals surface area contributed by atoms with E-state index in [0.717, 1.165) is 24.2 Å². The second-order valence-corrected chi connectivity index (χ2v) is 6.29. The number of methoxy groups -OCH3 is 1. The van der Waals surface area contributed by atoms with Crippen LogP contribution in [0.5, 0.6) is 5.88 Å². The molecule has 5 nitrogen and oxygen atoms in total. The van der Waals surface area contributed by atoms with Crippen molar-refractivity contribution in [3.8, 4) is 5.88 Å². The minimum absolute atomic E-state index is 0.0477.